The number of nitrogens with zero attached hydrogens (tertiary/aromatic N) is 1. The first-order chi connectivity index (χ1) is 8.00. The Morgan fingerprint density at radius 2 is 2.11 bits per heavy atom. The molecular formula is C12H23Cl2N3OS. The molecule has 0 fully saturated rings. The van der Waals surface area contributed by atoms with Gasteiger partial charge in [-0.3, -0.25) is 4.79 Å². The van der Waals surface area contributed by atoms with Gasteiger partial charge in [0.05, 0.1) is 6.04 Å². The standard InChI is InChI=1S/C12H21N3OS.2ClH/c1-9(13)7-12(16)14-8-10(15(2)3)11-5-4-6-17-11;;/h4-6,9-10H,7-8,13H2,1-3H3,(H,14,16);2*1H. The van der Waals surface area contributed by atoms with E-state index in [1.165, 1.54) is 4.88 Å². The predicted molar refractivity (Wildman–Crippen MR) is 86.5 cm³/mol. The van der Waals surface area contributed by atoms with Crippen molar-refractivity contribution in [2.24, 2.45) is 5.73 Å². The monoisotopic (exact) mass is 327 g/mol. The Balaban J connectivity index is 0. The van der Waals surface area contributed by atoms with Gasteiger partial charge in [0, 0.05) is 23.9 Å². The Hall–Kier alpha value is -0.330. The Labute approximate surface area is 131 Å². The molecule has 0 radical (unpaired) electrons. The molecule has 112 valence electrons. The van der Waals surface area contributed by atoms with Gasteiger partial charge in [-0.2, -0.15) is 0 Å². The molecule has 7 heteroatoms. The van der Waals surface area contributed by atoms with Crippen LogP contribution in [-0.2, 0) is 4.79 Å². The van der Waals surface area contributed by atoms with Gasteiger partial charge in [0.1, 0.15) is 0 Å². The first-order valence-electron chi connectivity index (χ1n) is 5.72. The van der Waals surface area contributed by atoms with Gasteiger partial charge in [0.25, 0.3) is 0 Å². The first-order valence-corrected chi connectivity index (χ1v) is 6.60. The molecule has 1 heterocycles. The summed E-state index contributed by atoms with van der Waals surface area (Å²) in [5.41, 5.74) is 5.58. The highest BCUT2D eigenvalue weighted by atomic mass is 35.5. The number of nitrogens with two attached hydrogens (primary N) is 1. The van der Waals surface area contributed by atoms with E-state index < -0.39 is 0 Å². The first kappa shape index (κ1) is 21.0. The Kier molecular flexibility index (Phi) is 11.5. The second-order valence-electron chi connectivity index (χ2n) is 4.48. The molecule has 0 spiro atoms. The van der Waals surface area contributed by atoms with Gasteiger partial charge in [-0.15, -0.1) is 36.2 Å². The van der Waals surface area contributed by atoms with E-state index in [4.69, 9.17) is 5.73 Å². The van der Waals surface area contributed by atoms with E-state index in [9.17, 15) is 4.79 Å². The van der Waals surface area contributed by atoms with E-state index in [-0.39, 0.29) is 42.8 Å². The SMILES string of the molecule is CC(N)CC(=O)NCC(c1cccs1)N(C)C.Cl.Cl. The molecular weight excluding hydrogens is 305 g/mol. The van der Waals surface area contributed by atoms with Gasteiger partial charge in [-0.1, -0.05) is 6.07 Å². The summed E-state index contributed by atoms with van der Waals surface area (Å²) in [6, 6.07) is 4.26. The maximum Gasteiger partial charge on any atom is 0.221 e. The summed E-state index contributed by atoms with van der Waals surface area (Å²) in [5.74, 6) is 0.0170. The van der Waals surface area contributed by atoms with Gasteiger partial charge in [-0.25, -0.2) is 0 Å². The normalized spacial score (nSPS) is 13.1. The lowest BCUT2D eigenvalue weighted by atomic mass is 10.2. The number of halogens is 2. The highest BCUT2D eigenvalue weighted by molar-refractivity contribution is 7.10. The molecule has 19 heavy (non-hydrogen) atoms. The Morgan fingerprint density at radius 3 is 2.53 bits per heavy atom. The van der Waals surface area contributed by atoms with Crippen molar-refractivity contribution >= 4 is 42.1 Å². The van der Waals surface area contributed by atoms with Crippen molar-refractivity contribution in [1.29, 1.82) is 0 Å². The Bertz CT molecular complexity index is 345. The van der Waals surface area contributed by atoms with E-state index in [0.717, 1.165) is 0 Å². The van der Waals surface area contributed by atoms with Crippen LogP contribution >= 0.6 is 36.2 Å². The molecule has 0 aliphatic carbocycles. The fraction of sp³-hybridized carbons (Fsp3) is 0.583. The molecule has 0 aromatic carbocycles. The van der Waals surface area contributed by atoms with Crippen molar-refractivity contribution in [2.75, 3.05) is 20.6 Å². The van der Waals surface area contributed by atoms with Gasteiger partial charge < -0.3 is 16.0 Å². The van der Waals surface area contributed by atoms with Crippen molar-refractivity contribution < 1.29 is 4.79 Å². The van der Waals surface area contributed by atoms with E-state index in [0.29, 0.717) is 13.0 Å². The molecule has 1 aromatic heterocycles. The third-order valence-electron chi connectivity index (χ3n) is 2.49. The zero-order valence-corrected chi connectivity index (χ0v) is 13.9. The highest BCUT2D eigenvalue weighted by Crippen LogP contribution is 2.22. The fourth-order valence-electron chi connectivity index (χ4n) is 1.59. The number of nitrogens with one attached hydrogen (secondary N) is 1. The topological polar surface area (TPSA) is 58.4 Å². The lowest BCUT2D eigenvalue weighted by molar-refractivity contribution is -0.121. The number of hydrogen-bond acceptors (Lipinski definition) is 4. The van der Waals surface area contributed by atoms with Crippen molar-refractivity contribution in [3.8, 4) is 0 Å². The molecule has 1 rings (SSSR count). The molecule has 4 nitrogen and oxygen atoms in total. The molecule has 0 saturated carbocycles. The van der Waals surface area contributed by atoms with E-state index >= 15 is 0 Å². The van der Waals surface area contributed by atoms with Crippen LogP contribution in [0.4, 0.5) is 0 Å². The second-order valence-corrected chi connectivity index (χ2v) is 5.46. The maximum atomic E-state index is 11.5. The summed E-state index contributed by atoms with van der Waals surface area (Å²) in [6.45, 7) is 2.46. The highest BCUT2D eigenvalue weighted by Gasteiger charge is 2.16. The van der Waals surface area contributed by atoms with Crippen molar-refractivity contribution in [1.82, 2.24) is 10.2 Å². The van der Waals surface area contributed by atoms with Gasteiger partial charge >= 0.3 is 0 Å². The lowest BCUT2D eigenvalue weighted by Gasteiger charge is -2.23. The Morgan fingerprint density at radius 1 is 1.47 bits per heavy atom. The summed E-state index contributed by atoms with van der Waals surface area (Å²) in [6.07, 6.45) is 0.380. The van der Waals surface area contributed by atoms with Crippen molar-refractivity contribution in [2.45, 2.75) is 25.4 Å². The van der Waals surface area contributed by atoms with Crippen LogP contribution in [0.1, 0.15) is 24.3 Å². The molecule has 0 aliphatic rings. The van der Waals surface area contributed by atoms with E-state index in [1.54, 1.807) is 11.3 Å². The van der Waals surface area contributed by atoms with Crippen molar-refractivity contribution in [3.05, 3.63) is 22.4 Å². The molecule has 2 atom stereocenters. The number of likely N-dealkylation sites (N-methyl/N-ethyl adjacent to an activating group) is 1. The second kappa shape index (κ2) is 10.5. The van der Waals surface area contributed by atoms with Gasteiger partial charge in [0.15, 0.2) is 0 Å². The zero-order chi connectivity index (χ0) is 12.8. The number of carbonyl (C=O) groups is 1. The third kappa shape index (κ3) is 7.74. The van der Waals surface area contributed by atoms with E-state index in [1.807, 2.05) is 27.1 Å². The third-order valence-corrected chi connectivity index (χ3v) is 3.47. The number of thiophene rings is 1. The van der Waals surface area contributed by atoms with Crippen LogP contribution in [-0.4, -0.2) is 37.5 Å². The van der Waals surface area contributed by atoms with Crippen LogP contribution in [0, 0.1) is 0 Å². The molecule has 1 amide bonds. The summed E-state index contributed by atoms with van der Waals surface area (Å²) < 4.78 is 0. The van der Waals surface area contributed by atoms with Crippen LogP contribution < -0.4 is 11.1 Å². The molecule has 2 unspecified atom stereocenters. The molecule has 3 N–H and O–H groups in total. The largest absolute Gasteiger partial charge is 0.354 e. The van der Waals surface area contributed by atoms with Gasteiger partial charge in [0.2, 0.25) is 5.91 Å². The average Bonchev–Trinajstić information content (AvgIpc) is 2.69. The number of carbonyl (C=O) groups excluding carboxylic acids is 1. The van der Waals surface area contributed by atoms with Crippen molar-refractivity contribution in [3.63, 3.8) is 0 Å². The summed E-state index contributed by atoms with van der Waals surface area (Å²) in [5, 5.41) is 4.98. The van der Waals surface area contributed by atoms with Crippen LogP contribution in [0.2, 0.25) is 0 Å². The van der Waals surface area contributed by atoms with Gasteiger partial charge in [-0.05, 0) is 32.5 Å². The number of rotatable bonds is 6. The minimum absolute atomic E-state index is 0. The lowest BCUT2D eigenvalue weighted by Crippen LogP contribution is -2.36. The molecule has 0 saturated heterocycles. The van der Waals surface area contributed by atoms with Crippen LogP contribution in [0.5, 0.6) is 0 Å². The average molecular weight is 328 g/mol. The molecule has 1 aromatic rings. The van der Waals surface area contributed by atoms with E-state index in [2.05, 4.69) is 21.7 Å². The van der Waals surface area contributed by atoms with Crippen LogP contribution in [0.25, 0.3) is 0 Å². The summed E-state index contributed by atoms with van der Waals surface area (Å²) in [4.78, 5) is 14.9. The summed E-state index contributed by atoms with van der Waals surface area (Å²) >= 11 is 1.71. The zero-order valence-electron chi connectivity index (χ0n) is 11.5. The summed E-state index contributed by atoms with van der Waals surface area (Å²) in [7, 11) is 4.03. The van der Waals surface area contributed by atoms with Crippen LogP contribution in [0.3, 0.4) is 0 Å². The smallest absolute Gasteiger partial charge is 0.221 e. The molecule has 0 bridgehead atoms. The maximum absolute atomic E-state index is 11.5. The van der Waals surface area contributed by atoms with Crippen LogP contribution in [0.15, 0.2) is 17.5 Å². The number of amides is 1. The molecule has 0 aliphatic heterocycles. The minimum atomic E-state index is -0.0884. The number of hydrogen-bond donors (Lipinski definition) is 2. The quantitative estimate of drug-likeness (QED) is 0.840. The predicted octanol–water partition coefficient (Wildman–Crippen LogP) is 2.05. The minimum Gasteiger partial charge on any atom is -0.354 e. The fourth-order valence-corrected chi connectivity index (χ4v) is 2.52.